The molecule has 0 unspecified atom stereocenters. The van der Waals surface area contributed by atoms with E-state index in [-0.39, 0.29) is 18.4 Å². The molecule has 1 N–H and O–H groups in total. The number of hydrogen-bond donors (Lipinski definition) is 1. The van der Waals surface area contributed by atoms with Gasteiger partial charge in [-0.15, -0.1) is 0 Å². The molecule has 0 aromatic heterocycles. The van der Waals surface area contributed by atoms with Gasteiger partial charge in [-0.3, -0.25) is 14.5 Å². The molecule has 2 heterocycles. The number of likely N-dealkylation sites (N-methyl/N-ethyl adjacent to an activating group) is 1. The molecular formula is C17H19FN3O2S2+. The number of carbonyl (C=O) groups is 2. The van der Waals surface area contributed by atoms with Gasteiger partial charge in [-0.1, -0.05) is 42.2 Å². The maximum absolute atomic E-state index is 13.8. The van der Waals surface area contributed by atoms with E-state index in [0.29, 0.717) is 27.9 Å². The van der Waals surface area contributed by atoms with Gasteiger partial charge in [0, 0.05) is 5.56 Å². The van der Waals surface area contributed by atoms with Gasteiger partial charge in [0.15, 0.2) is 0 Å². The SMILES string of the molecule is C[NH+]1CCN(C(=O)CN2C(=O)/C(=C/c3ccccc3F)SC2=S)CC1. The van der Waals surface area contributed by atoms with Crippen LogP contribution in [0.4, 0.5) is 4.39 Å². The predicted octanol–water partition coefficient (Wildman–Crippen LogP) is 0.384. The molecule has 0 saturated carbocycles. The average Bonchev–Trinajstić information content (AvgIpc) is 2.85. The molecule has 8 heteroatoms. The highest BCUT2D eigenvalue weighted by Crippen LogP contribution is 2.32. The first-order valence-electron chi connectivity index (χ1n) is 8.04. The minimum absolute atomic E-state index is 0.0572. The van der Waals surface area contributed by atoms with Crippen molar-refractivity contribution in [3.8, 4) is 0 Å². The molecule has 0 bridgehead atoms. The van der Waals surface area contributed by atoms with Crippen molar-refractivity contribution in [1.29, 1.82) is 0 Å². The van der Waals surface area contributed by atoms with Gasteiger partial charge >= 0.3 is 0 Å². The molecule has 132 valence electrons. The maximum Gasteiger partial charge on any atom is 0.266 e. The normalized spacial score (nSPS) is 20.6. The third-order valence-corrected chi connectivity index (χ3v) is 5.71. The van der Waals surface area contributed by atoms with Gasteiger partial charge in [-0.05, 0) is 12.1 Å². The van der Waals surface area contributed by atoms with E-state index >= 15 is 0 Å². The molecule has 1 aromatic rings. The van der Waals surface area contributed by atoms with Crippen LogP contribution in [0.5, 0.6) is 0 Å². The fraction of sp³-hybridized carbons (Fsp3) is 0.353. The number of thioether (sulfide) groups is 1. The lowest BCUT2D eigenvalue weighted by Gasteiger charge is -2.31. The van der Waals surface area contributed by atoms with Crippen LogP contribution >= 0.6 is 24.0 Å². The predicted molar refractivity (Wildman–Crippen MR) is 99.5 cm³/mol. The van der Waals surface area contributed by atoms with Gasteiger partial charge in [0.2, 0.25) is 5.91 Å². The Labute approximate surface area is 155 Å². The highest BCUT2D eigenvalue weighted by Gasteiger charge is 2.35. The number of quaternary nitrogens is 1. The lowest BCUT2D eigenvalue weighted by Crippen LogP contribution is -3.12. The van der Waals surface area contributed by atoms with Crippen LogP contribution in [0.3, 0.4) is 0 Å². The summed E-state index contributed by atoms with van der Waals surface area (Å²) in [5, 5.41) is 0. The summed E-state index contributed by atoms with van der Waals surface area (Å²) >= 11 is 6.34. The zero-order valence-corrected chi connectivity index (χ0v) is 15.5. The van der Waals surface area contributed by atoms with Crippen LogP contribution in [0.2, 0.25) is 0 Å². The zero-order valence-electron chi connectivity index (χ0n) is 13.8. The molecule has 2 fully saturated rings. The molecule has 1 aromatic carbocycles. The first kappa shape index (κ1) is 18.0. The summed E-state index contributed by atoms with van der Waals surface area (Å²) in [4.78, 5) is 29.8. The van der Waals surface area contributed by atoms with Crippen LogP contribution in [-0.2, 0) is 9.59 Å². The number of benzene rings is 1. The standard InChI is InChI=1S/C17H18FN3O2S2/c1-19-6-8-20(9-7-19)15(22)11-21-16(23)14(25-17(21)24)10-12-4-2-3-5-13(12)18/h2-5,10H,6-9,11H2,1H3/p+1/b14-10-. The molecule has 0 atom stereocenters. The molecule has 3 rings (SSSR count). The van der Waals surface area contributed by atoms with Gasteiger partial charge in [0.25, 0.3) is 5.91 Å². The Kier molecular flexibility index (Phi) is 5.51. The van der Waals surface area contributed by atoms with Crippen molar-refractivity contribution in [2.45, 2.75) is 0 Å². The highest BCUT2D eigenvalue weighted by atomic mass is 32.2. The first-order valence-corrected chi connectivity index (χ1v) is 9.27. The van der Waals surface area contributed by atoms with Gasteiger partial charge in [0.05, 0.1) is 38.1 Å². The Morgan fingerprint density at radius 2 is 2.04 bits per heavy atom. The summed E-state index contributed by atoms with van der Waals surface area (Å²) in [6.45, 7) is 3.11. The number of carbonyl (C=O) groups excluding carboxylic acids is 2. The average molecular weight is 380 g/mol. The summed E-state index contributed by atoms with van der Waals surface area (Å²) in [7, 11) is 2.09. The number of hydrogen-bond acceptors (Lipinski definition) is 4. The number of nitrogens with zero attached hydrogens (tertiary/aromatic N) is 2. The van der Waals surface area contributed by atoms with Crippen LogP contribution in [0.15, 0.2) is 29.2 Å². The summed E-state index contributed by atoms with van der Waals surface area (Å²) in [5.74, 6) is -0.842. The third-order valence-electron chi connectivity index (χ3n) is 4.33. The summed E-state index contributed by atoms with van der Waals surface area (Å²) in [6.07, 6.45) is 1.48. The van der Waals surface area contributed by atoms with Crippen LogP contribution < -0.4 is 4.90 Å². The molecule has 2 aliphatic rings. The van der Waals surface area contributed by atoms with Gasteiger partial charge in [-0.25, -0.2) is 4.39 Å². The van der Waals surface area contributed by atoms with E-state index in [1.807, 2.05) is 0 Å². The van der Waals surface area contributed by atoms with E-state index in [0.717, 1.165) is 24.9 Å². The quantitative estimate of drug-likeness (QED) is 0.609. The molecule has 25 heavy (non-hydrogen) atoms. The molecule has 0 spiro atoms. The second kappa shape index (κ2) is 7.63. The van der Waals surface area contributed by atoms with Crippen LogP contribution in [0, 0.1) is 5.82 Å². The number of nitrogens with one attached hydrogen (secondary N) is 1. The Balaban J connectivity index is 1.69. The fourth-order valence-corrected chi connectivity index (χ4v) is 3.99. The monoisotopic (exact) mass is 380 g/mol. The molecule has 0 aliphatic carbocycles. The van der Waals surface area contributed by atoms with Crippen LogP contribution in [-0.4, -0.2) is 65.7 Å². The lowest BCUT2D eigenvalue weighted by molar-refractivity contribution is -0.883. The molecule has 0 radical (unpaired) electrons. The number of amides is 2. The van der Waals surface area contributed by atoms with Crippen LogP contribution in [0.25, 0.3) is 6.08 Å². The van der Waals surface area contributed by atoms with E-state index in [4.69, 9.17) is 12.2 Å². The van der Waals surface area contributed by atoms with E-state index < -0.39 is 5.82 Å². The number of halogens is 1. The van der Waals surface area contributed by atoms with Crippen molar-refractivity contribution in [2.24, 2.45) is 0 Å². The largest absolute Gasteiger partial charge is 0.334 e. The van der Waals surface area contributed by atoms with Crippen molar-refractivity contribution < 1.29 is 18.9 Å². The van der Waals surface area contributed by atoms with Crippen molar-refractivity contribution in [1.82, 2.24) is 9.80 Å². The fourth-order valence-electron chi connectivity index (χ4n) is 2.74. The Hall–Kier alpha value is -1.77. The summed E-state index contributed by atoms with van der Waals surface area (Å²) in [6, 6.07) is 6.23. The van der Waals surface area contributed by atoms with Crippen molar-refractivity contribution >= 4 is 46.2 Å². The van der Waals surface area contributed by atoms with E-state index in [1.165, 1.54) is 21.9 Å². The molecule has 2 aliphatic heterocycles. The van der Waals surface area contributed by atoms with Crippen molar-refractivity contribution in [3.63, 3.8) is 0 Å². The van der Waals surface area contributed by atoms with Crippen LogP contribution in [0.1, 0.15) is 5.56 Å². The third kappa shape index (κ3) is 4.08. The van der Waals surface area contributed by atoms with Gasteiger partial charge < -0.3 is 9.80 Å². The van der Waals surface area contributed by atoms with Gasteiger partial charge in [0.1, 0.15) is 16.7 Å². The molecule has 2 saturated heterocycles. The minimum atomic E-state index is -0.399. The number of piperazine rings is 1. The lowest BCUT2D eigenvalue weighted by atomic mass is 10.2. The topological polar surface area (TPSA) is 45.1 Å². The Morgan fingerprint density at radius 1 is 1.36 bits per heavy atom. The van der Waals surface area contributed by atoms with E-state index in [1.54, 1.807) is 23.1 Å². The second-order valence-corrected chi connectivity index (χ2v) is 7.80. The van der Waals surface area contributed by atoms with E-state index in [2.05, 4.69) is 7.05 Å². The van der Waals surface area contributed by atoms with E-state index in [9.17, 15) is 14.0 Å². The smallest absolute Gasteiger partial charge is 0.266 e. The number of thiocarbonyl (C=S) groups is 1. The molecule has 2 amide bonds. The summed E-state index contributed by atoms with van der Waals surface area (Å²) in [5.41, 5.74) is 0.330. The highest BCUT2D eigenvalue weighted by molar-refractivity contribution is 8.26. The summed E-state index contributed by atoms with van der Waals surface area (Å²) < 4.78 is 14.1. The van der Waals surface area contributed by atoms with Crippen molar-refractivity contribution in [2.75, 3.05) is 39.8 Å². The zero-order chi connectivity index (χ0) is 18.0. The first-order chi connectivity index (χ1) is 12.0. The second-order valence-electron chi connectivity index (χ2n) is 6.13. The van der Waals surface area contributed by atoms with Gasteiger partial charge in [-0.2, -0.15) is 0 Å². The van der Waals surface area contributed by atoms with Crippen molar-refractivity contribution in [3.05, 3.63) is 40.6 Å². The Bertz CT molecular complexity index is 745. The molecule has 5 nitrogen and oxygen atoms in total. The number of rotatable bonds is 3. The Morgan fingerprint density at radius 3 is 2.72 bits per heavy atom. The minimum Gasteiger partial charge on any atom is -0.334 e. The maximum atomic E-state index is 13.8. The molecular weight excluding hydrogens is 361 g/mol.